The van der Waals surface area contributed by atoms with Crippen LogP contribution in [0.15, 0.2) is 12.7 Å². The number of ether oxygens (including phenoxy) is 3. The lowest BCUT2D eigenvalue weighted by Gasteiger charge is -2.43. The summed E-state index contributed by atoms with van der Waals surface area (Å²) < 4.78 is 16.8. The van der Waals surface area contributed by atoms with Crippen LogP contribution in [0.4, 0.5) is 0 Å². The van der Waals surface area contributed by atoms with Crippen molar-refractivity contribution in [2.45, 2.75) is 100 Å². The summed E-state index contributed by atoms with van der Waals surface area (Å²) in [4.78, 5) is 0. The van der Waals surface area contributed by atoms with E-state index < -0.39 is 55.1 Å². The molecular weight excluding hydrogens is 372 g/mol. The molecule has 0 spiro atoms. The first-order chi connectivity index (χ1) is 13.3. The third-order valence-electron chi connectivity index (χ3n) is 5.40. The first kappa shape index (κ1) is 23.7. The van der Waals surface area contributed by atoms with Gasteiger partial charge in [0.15, 0.2) is 6.29 Å². The summed E-state index contributed by atoms with van der Waals surface area (Å²) in [6.07, 6.45) is -6.67. The van der Waals surface area contributed by atoms with E-state index in [0.717, 1.165) is 19.3 Å². The molecule has 0 saturated carbocycles. The summed E-state index contributed by atoms with van der Waals surface area (Å²) in [6, 6.07) is 0. The Morgan fingerprint density at radius 1 is 0.964 bits per heavy atom. The van der Waals surface area contributed by atoms with Crippen molar-refractivity contribution in [1.29, 1.82) is 0 Å². The SMILES string of the molecule is C=C[C@H](CCCCC)O[C@@H]1O[C@H](C[C@H]2OC[C@@H](O)[C@@H](O)[C@@H]2O)[C@@H](O)[C@H](O)[C@H]1O. The molecule has 0 unspecified atom stereocenters. The zero-order valence-corrected chi connectivity index (χ0v) is 16.2. The summed E-state index contributed by atoms with van der Waals surface area (Å²) in [5.41, 5.74) is 0. The van der Waals surface area contributed by atoms with Gasteiger partial charge in [0.05, 0.1) is 24.9 Å². The Morgan fingerprint density at radius 3 is 2.29 bits per heavy atom. The van der Waals surface area contributed by atoms with Crippen LogP contribution < -0.4 is 0 Å². The van der Waals surface area contributed by atoms with E-state index in [1.54, 1.807) is 6.08 Å². The zero-order valence-electron chi connectivity index (χ0n) is 16.2. The second-order valence-electron chi connectivity index (χ2n) is 7.58. The van der Waals surface area contributed by atoms with Crippen molar-refractivity contribution >= 4 is 0 Å². The summed E-state index contributed by atoms with van der Waals surface area (Å²) in [5.74, 6) is 0. The van der Waals surface area contributed by atoms with Gasteiger partial charge in [-0.05, 0) is 6.42 Å². The maximum absolute atomic E-state index is 10.3. The van der Waals surface area contributed by atoms with E-state index in [2.05, 4.69) is 13.5 Å². The average molecular weight is 406 g/mol. The van der Waals surface area contributed by atoms with Gasteiger partial charge in [0.2, 0.25) is 0 Å². The highest BCUT2D eigenvalue weighted by atomic mass is 16.7. The van der Waals surface area contributed by atoms with Gasteiger partial charge < -0.3 is 44.8 Å². The van der Waals surface area contributed by atoms with Crippen LogP contribution >= 0.6 is 0 Å². The summed E-state index contributed by atoms with van der Waals surface area (Å²) >= 11 is 0. The smallest absolute Gasteiger partial charge is 0.187 e. The number of unbranched alkanes of at least 4 members (excludes halogenated alkanes) is 2. The van der Waals surface area contributed by atoms with Crippen molar-refractivity contribution in [2.75, 3.05) is 6.61 Å². The second-order valence-corrected chi connectivity index (χ2v) is 7.58. The minimum absolute atomic E-state index is 0.0651. The number of hydrogen-bond acceptors (Lipinski definition) is 9. The van der Waals surface area contributed by atoms with E-state index in [9.17, 15) is 30.6 Å². The Kier molecular flexibility index (Phi) is 9.26. The summed E-state index contributed by atoms with van der Waals surface area (Å²) in [7, 11) is 0. The van der Waals surface area contributed by atoms with Gasteiger partial charge in [0, 0.05) is 6.42 Å². The molecule has 6 N–H and O–H groups in total. The Bertz CT molecular complexity index is 476. The van der Waals surface area contributed by atoms with E-state index in [0.29, 0.717) is 6.42 Å². The third-order valence-corrected chi connectivity index (χ3v) is 5.40. The fraction of sp³-hybridized carbons (Fsp3) is 0.895. The highest BCUT2D eigenvalue weighted by Crippen LogP contribution is 2.29. The van der Waals surface area contributed by atoms with Crippen LogP contribution in [0, 0.1) is 0 Å². The first-order valence-corrected chi connectivity index (χ1v) is 9.93. The maximum Gasteiger partial charge on any atom is 0.187 e. The molecule has 0 radical (unpaired) electrons. The molecule has 2 saturated heterocycles. The molecule has 0 aromatic heterocycles. The van der Waals surface area contributed by atoms with Crippen LogP contribution in [0.3, 0.4) is 0 Å². The highest BCUT2D eigenvalue weighted by molar-refractivity contribution is 4.95. The molecule has 0 aromatic rings. The second kappa shape index (κ2) is 11.0. The molecule has 164 valence electrons. The topological polar surface area (TPSA) is 149 Å². The molecule has 2 aliphatic rings. The maximum atomic E-state index is 10.3. The molecule has 2 fully saturated rings. The van der Waals surface area contributed by atoms with E-state index in [1.807, 2.05) is 0 Å². The van der Waals surface area contributed by atoms with Crippen molar-refractivity contribution in [3.8, 4) is 0 Å². The van der Waals surface area contributed by atoms with Gasteiger partial charge in [-0.3, -0.25) is 0 Å². The number of rotatable bonds is 9. The van der Waals surface area contributed by atoms with Crippen molar-refractivity contribution in [2.24, 2.45) is 0 Å². The molecule has 28 heavy (non-hydrogen) atoms. The monoisotopic (exact) mass is 406 g/mol. The quantitative estimate of drug-likeness (QED) is 0.205. The Morgan fingerprint density at radius 2 is 1.64 bits per heavy atom. The van der Waals surface area contributed by atoms with Gasteiger partial charge in [0.1, 0.15) is 36.6 Å². The number of aliphatic hydroxyl groups excluding tert-OH is 6. The molecule has 0 aromatic carbocycles. The molecule has 2 aliphatic heterocycles. The van der Waals surface area contributed by atoms with Crippen LogP contribution in [0.25, 0.3) is 0 Å². The molecule has 2 rings (SSSR count). The van der Waals surface area contributed by atoms with E-state index in [-0.39, 0.29) is 19.1 Å². The molecule has 0 aliphatic carbocycles. The van der Waals surface area contributed by atoms with Gasteiger partial charge in [-0.25, -0.2) is 0 Å². The van der Waals surface area contributed by atoms with E-state index in [4.69, 9.17) is 14.2 Å². The largest absolute Gasteiger partial charge is 0.388 e. The zero-order chi connectivity index (χ0) is 20.8. The molecule has 9 heteroatoms. The van der Waals surface area contributed by atoms with Gasteiger partial charge in [0.25, 0.3) is 0 Å². The lowest BCUT2D eigenvalue weighted by molar-refractivity contribution is -0.311. The Hall–Kier alpha value is -0.620. The fourth-order valence-corrected chi connectivity index (χ4v) is 3.54. The molecule has 9 nitrogen and oxygen atoms in total. The van der Waals surface area contributed by atoms with Gasteiger partial charge >= 0.3 is 0 Å². The van der Waals surface area contributed by atoms with Crippen LogP contribution in [0.2, 0.25) is 0 Å². The standard InChI is InChI=1S/C19H34O9/c1-3-5-6-7-10(4-2)27-19-18(25)17(24)16(23)13(28-19)8-12-15(22)14(21)11(20)9-26-12/h4,10-25H,2-3,5-9H2,1H3/t10-,11-,12-,13-,14-,15-,16-,17+,18-,19-/m1/s1. The third kappa shape index (κ3) is 5.71. The first-order valence-electron chi connectivity index (χ1n) is 9.93. The van der Waals surface area contributed by atoms with Crippen LogP contribution in [0.1, 0.15) is 39.0 Å². The van der Waals surface area contributed by atoms with Crippen LogP contribution in [-0.2, 0) is 14.2 Å². The van der Waals surface area contributed by atoms with E-state index >= 15 is 0 Å². The number of aliphatic hydroxyl groups is 6. The van der Waals surface area contributed by atoms with Gasteiger partial charge in [-0.15, -0.1) is 6.58 Å². The average Bonchev–Trinajstić information content (AvgIpc) is 2.69. The lowest BCUT2D eigenvalue weighted by Crippen LogP contribution is -2.61. The van der Waals surface area contributed by atoms with E-state index in [1.165, 1.54) is 0 Å². The lowest BCUT2D eigenvalue weighted by atomic mass is 9.90. The molecule has 2 heterocycles. The van der Waals surface area contributed by atoms with Crippen molar-refractivity contribution in [3.63, 3.8) is 0 Å². The molecule has 10 atom stereocenters. The van der Waals surface area contributed by atoms with Gasteiger partial charge in [-0.2, -0.15) is 0 Å². The predicted molar refractivity (Wildman–Crippen MR) is 98.3 cm³/mol. The van der Waals surface area contributed by atoms with Crippen LogP contribution in [0.5, 0.6) is 0 Å². The van der Waals surface area contributed by atoms with Gasteiger partial charge in [-0.1, -0.05) is 32.3 Å². The minimum Gasteiger partial charge on any atom is -0.388 e. The molecule has 0 bridgehead atoms. The van der Waals surface area contributed by atoms with Crippen molar-refractivity contribution in [1.82, 2.24) is 0 Å². The normalized spacial score (nSPS) is 42.9. The summed E-state index contributed by atoms with van der Waals surface area (Å²) in [6.45, 7) is 5.63. The Labute approximate surface area is 165 Å². The number of hydrogen-bond donors (Lipinski definition) is 6. The van der Waals surface area contributed by atoms with Crippen molar-refractivity contribution in [3.05, 3.63) is 12.7 Å². The fourth-order valence-electron chi connectivity index (χ4n) is 3.54. The van der Waals surface area contributed by atoms with Crippen molar-refractivity contribution < 1.29 is 44.8 Å². The molecular formula is C19H34O9. The molecule has 0 amide bonds. The minimum atomic E-state index is -1.51. The Balaban J connectivity index is 2.00. The van der Waals surface area contributed by atoms with Crippen LogP contribution in [-0.4, -0.2) is 98.5 Å². The summed E-state index contributed by atoms with van der Waals surface area (Å²) in [5, 5.41) is 60.1. The predicted octanol–water partition coefficient (Wildman–Crippen LogP) is -1.18. The highest BCUT2D eigenvalue weighted by Gasteiger charge is 2.47.